The second-order valence-electron chi connectivity index (χ2n) is 4.63. The van der Waals surface area contributed by atoms with Crippen LogP contribution in [0.5, 0.6) is 0 Å². The Morgan fingerprint density at radius 1 is 1.32 bits per heavy atom. The minimum atomic E-state index is -0.956. The first-order valence-electron chi connectivity index (χ1n) is 5.74. The summed E-state index contributed by atoms with van der Waals surface area (Å²) in [6.45, 7) is 2.10. The Morgan fingerprint density at radius 3 is 2.53 bits per heavy atom. The molecule has 0 aliphatic carbocycles. The highest BCUT2D eigenvalue weighted by Gasteiger charge is 2.37. The highest BCUT2D eigenvalue weighted by molar-refractivity contribution is 5.92. The van der Waals surface area contributed by atoms with Crippen molar-refractivity contribution in [3.63, 3.8) is 0 Å². The number of nitrogens with one attached hydrogen (secondary N) is 2. The van der Waals surface area contributed by atoms with Crippen LogP contribution in [0.25, 0.3) is 0 Å². The Balaban J connectivity index is 2.24. The molecule has 1 aliphatic heterocycles. The number of carbonyl (C=O) groups is 2. The van der Waals surface area contributed by atoms with Gasteiger partial charge in [-0.15, -0.1) is 0 Å². The van der Waals surface area contributed by atoms with Gasteiger partial charge in [-0.05, 0) is 5.92 Å². The van der Waals surface area contributed by atoms with Gasteiger partial charge in [0.15, 0.2) is 0 Å². The van der Waals surface area contributed by atoms with Gasteiger partial charge in [-0.3, -0.25) is 19.4 Å². The first-order valence-corrected chi connectivity index (χ1v) is 5.74. The van der Waals surface area contributed by atoms with Gasteiger partial charge in [-0.2, -0.15) is 0 Å². The summed E-state index contributed by atoms with van der Waals surface area (Å²) in [5, 5.41) is 8.99. The van der Waals surface area contributed by atoms with Gasteiger partial charge in [0, 0.05) is 19.2 Å². The van der Waals surface area contributed by atoms with Crippen LogP contribution in [-0.2, 0) is 4.79 Å². The van der Waals surface area contributed by atoms with Crippen molar-refractivity contribution < 1.29 is 14.7 Å². The van der Waals surface area contributed by atoms with Gasteiger partial charge >= 0.3 is 11.7 Å². The SMILES string of the molecule is CC1CN(C(=O)c2cc(=O)[nH]c(=O)[nH]2)CC1C(=O)O. The number of likely N-dealkylation sites (tertiary alicyclic amines) is 1. The Kier molecular flexibility index (Phi) is 3.24. The molecule has 19 heavy (non-hydrogen) atoms. The van der Waals surface area contributed by atoms with Crippen LogP contribution in [0.1, 0.15) is 17.4 Å². The molecule has 1 aromatic rings. The summed E-state index contributed by atoms with van der Waals surface area (Å²) in [6, 6.07) is 0.989. The van der Waals surface area contributed by atoms with E-state index in [9.17, 15) is 19.2 Å². The summed E-state index contributed by atoms with van der Waals surface area (Å²) in [7, 11) is 0. The highest BCUT2D eigenvalue weighted by atomic mass is 16.4. The molecule has 8 nitrogen and oxygen atoms in total. The standard InChI is InChI=1S/C11H13N3O5/c1-5-3-14(4-6(5)10(17)18)9(16)7-2-8(15)13-11(19)12-7/h2,5-6H,3-4H2,1H3,(H,17,18)(H2,12,13,15,19). The number of hydrogen-bond acceptors (Lipinski definition) is 4. The maximum Gasteiger partial charge on any atom is 0.326 e. The number of hydrogen-bond donors (Lipinski definition) is 3. The van der Waals surface area contributed by atoms with Crippen LogP contribution in [0, 0.1) is 11.8 Å². The third-order valence-corrected chi connectivity index (χ3v) is 3.21. The van der Waals surface area contributed by atoms with Gasteiger partial charge in [-0.25, -0.2) is 4.79 Å². The van der Waals surface area contributed by atoms with Gasteiger partial charge in [0.2, 0.25) is 0 Å². The van der Waals surface area contributed by atoms with E-state index < -0.39 is 29.0 Å². The average molecular weight is 267 g/mol. The number of carbonyl (C=O) groups excluding carboxylic acids is 1. The lowest BCUT2D eigenvalue weighted by atomic mass is 9.99. The molecule has 8 heteroatoms. The van der Waals surface area contributed by atoms with Crippen LogP contribution in [0.2, 0.25) is 0 Å². The fourth-order valence-corrected chi connectivity index (χ4v) is 2.21. The van der Waals surface area contributed by atoms with E-state index >= 15 is 0 Å². The van der Waals surface area contributed by atoms with E-state index in [1.165, 1.54) is 4.90 Å². The molecule has 1 aromatic heterocycles. The van der Waals surface area contributed by atoms with E-state index in [2.05, 4.69) is 4.98 Å². The fraction of sp³-hybridized carbons (Fsp3) is 0.455. The number of carboxylic acids is 1. The normalized spacial score (nSPS) is 22.5. The number of nitrogens with zero attached hydrogens (tertiary/aromatic N) is 1. The summed E-state index contributed by atoms with van der Waals surface area (Å²) in [4.78, 5) is 50.8. The van der Waals surface area contributed by atoms with Crippen LogP contribution >= 0.6 is 0 Å². The molecule has 2 heterocycles. The number of aliphatic carboxylic acids is 1. The van der Waals surface area contributed by atoms with E-state index in [4.69, 9.17) is 5.11 Å². The Hall–Kier alpha value is -2.38. The third-order valence-electron chi connectivity index (χ3n) is 3.21. The Labute approximate surface area is 107 Å². The number of H-pyrrole nitrogens is 2. The molecule has 0 saturated carbocycles. The van der Waals surface area contributed by atoms with Crippen molar-refractivity contribution >= 4 is 11.9 Å². The van der Waals surface area contributed by atoms with E-state index in [1.54, 1.807) is 6.92 Å². The van der Waals surface area contributed by atoms with Crippen molar-refractivity contribution in [3.8, 4) is 0 Å². The molecule has 2 atom stereocenters. The van der Waals surface area contributed by atoms with E-state index in [0.29, 0.717) is 0 Å². The van der Waals surface area contributed by atoms with Crippen molar-refractivity contribution in [3.05, 3.63) is 32.6 Å². The molecular formula is C11H13N3O5. The van der Waals surface area contributed by atoms with Gasteiger partial charge in [0.1, 0.15) is 5.69 Å². The lowest BCUT2D eigenvalue weighted by Crippen LogP contribution is -2.34. The molecule has 2 rings (SSSR count). The third kappa shape index (κ3) is 2.56. The summed E-state index contributed by atoms with van der Waals surface area (Å²) in [5.41, 5.74) is -1.57. The predicted molar refractivity (Wildman–Crippen MR) is 63.9 cm³/mol. The summed E-state index contributed by atoms with van der Waals surface area (Å²) >= 11 is 0. The van der Waals surface area contributed by atoms with Crippen molar-refractivity contribution in [2.75, 3.05) is 13.1 Å². The molecular weight excluding hydrogens is 254 g/mol. The summed E-state index contributed by atoms with van der Waals surface area (Å²) in [5.74, 6) is -2.30. The quantitative estimate of drug-likeness (QED) is 0.624. The number of aromatic nitrogens is 2. The molecule has 3 N–H and O–H groups in total. The van der Waals surface area contributed by atoms with E-state index in [0.717, 1.165) is 6.07 Å². The molecule has 2 unspecified atom stereocenters. The van der Waals surface area contributed by atoms with Crippen LogP contribution in [0.4, 0.5) is 0 Å². The minimum absolute atomic E-state index is 0.0736. The van der Waals surface area contributed by atoms with Crippen molar-refractivity contribution in [1.82, 2.24) is 14.9 Å². The lowest BCUT2D eigenvalue weighted by molar-refractivity contribution is -0.142. The lowest BCUT2D eigenvalue weighted by Gasteiger charge is -2.15. The topological polar surface area (TPSA) is 123 Å². The second kappa shape index (κ2) is 4.71. The van der Waals surface area contributed by atoms with Crippen molar-refractivity contribution in [2.24, 2.45) is 11.8 Å². The first kappa shape index (κ1) is 13.1. The van der Waals surface area contributed by atoms with Gasteiger partial charge in [0.05, 0.1) is 5.92 Å². The average Bonchev–Trinajstić information content (AvgIpc) is 2.69. The molecule has 0 aromatic carbocycles. The van der Waals surface area contributed by atoms with Crippen LogP contribution < -0.4 is 11.2 Å². The molecule has 1 fully saturated rings. The van der Waals surface area contributed by atoms with Crippen molar-refractivity contribution in [1.29, 1.82) is 0 Å². The molecule has 102 valence electrons. The molecule has 1 amide bonds. The number of carboxylic acid groups (broad SMARTS) is 1. The maximum atomic E-state index is 12.1. The smallest absolute Gasteiger partial charge is 0.326 e. The molecule has 0 bridgehead atoms. The van der Waals surface area contributed by atoms with E-state index in [-0.39, 0.29) is 24.7 Å². The van der Waals surface area contributed by atoms with Crippen molar-refractivity contribution in [2.45, 2.75) is 6.92 Å². The number of amides is 1. The summed E-state index contributed by atoms with van der Waals surface area (Å²) in [6.07, 6.45) is 0. The Bertz CT molecular complexity index is 603. The monoisotopic (exact) mass is 267 g/mol. The zero-order valence-electron chi connectivity index (χ0n) is 10.2. The van der Waals surface area contributed by atoms with Gasteiger partial charge in [0.25, 0.3) is 11.5 Å². The molecule has 1 aliphatic rings. The highest BCUT2D eigenvalue weighted by Crippen LogP contribution is 2.23. The van der Waals surface area contributed by atoms with Crippen LogP contribution in [0.15, 0.2) is 15.7 Å². The van der Waals surface area contributed by atoms with Crippen LogP contribution in [-0.4, -0.2) is 44.9 Å². The van der Waals surface area contributed by atoms with E-state index in [1.807, 2.05) is 4.98 Å². The van der Waals surface area contributed by atoms with Crippen LogP contribution in [0.3, 0.4) is 0 Å². The predicted octanol–water partition coefficient (Wildman–Crippen LogP) is -1.14. The second-order valence-corrected chi connectivity index (χ2v) is 4.63. The first-order chi connectivity index (χ1) is 8.88. The zero-order chi connectivity index (χ0) is 14.2. The molecule has 0 spiro atoms. The molecule has 0 radical (unpaired) electrons. The zero-order valence-corrected chi connectivity index (χ0v) is 10.2. The maximum absolute atomic E-state index is 12.1. The van der Waals surface area contributed by atoms with Gasteiger partial charge < -0.3 is 15.0 Å². The summed E-state index contributed by atoms with van der Waals surface area (Å²) < 4.78 is 0. The Morgan fingerprint density at radius 2 is 2.00 bits per heavy atom. The number of rotatable bonds is 2. The molecule has 1 saturated heterocycles. The largest absolute Gasteiger partial charge is 0.481 e. The van der Waals surface area contributed by atoms with Gasteiger partial charge in [-0.1, -0.05) is 6.92 Å². The minimum Gasteiger partial charge on any atom is -0.481 e. The number of aromatic amines is 2. The fourth-order valence-electron chi connectivity index (χ4n) is 2.21.